The molecule has 4 N–H and O–H groups in total. The Morgan fingerprint density at radius 1 is 1.62 bits per heavy atom. The number of nitrogens with two attached hydrogens (primary N) is 2. The van der Waals surface area contributed by atoms with Crippen LogP contribution < -0.4 is 11.5 Å². The number of nitro groups is 1. The second-order valence-corrected chi connectivity index (χ2v) is 2.53. The van der Waals surface area contributed by atoms with E-state index in [2.05, 4.69) is 4.98 Å². The standard InChI is InChI=1S/C7H10N4O2/c1-2-4-5(11(12)13)3-10-7(9)6(4)8/h3H,2,8H2,1H3,(H2,9,10). The van der Waals surface area contributed by atoms with Crippen LogP contribution in [-0.4, -0.2) is 9.91 Å². The molecule has 0 saturated heterocycles. The first-order valence-electron chi connectivity index (χ1n) is 3.75. The van der Waals surface area contributed by atoms with Gasteiger partial charge in [0, 0.05) is 0 Å². The Bertz CT molecular complexity index is 351. The lowest BCUT2D eigenvalue weighted by Gasteiger charge is -2.05. The van der Waals surface area contributed by atoms with Gasteiger partial charge in [0.15, 0.2) is 0 Å². The van der Waals surface area contributed by atoms with Gasteiger partial charge in [0.2, 0.25) is 0 Å². The lowest BCUT2D eigenvalue weighted by molar-refractivity contribution is -0.385. The van der Waals surface area contributed by atoms with Crippen LogP contribution in [0.3, 0.4) is 0 Å². The van der Waals surface area contributed by atoms with Gasteiger partial charge in [-0.2, -0.15) is 0 Å². The summed E-state index contributed by atoms with van der Waals surface area (Å²) in [4.78, 5) is 13.6. The molecule has 0 amide bonds. The fourth-order valence-corrected chi connectivity index (χ4v) is 1.10. The van der Waals surface area contributed by atoms with Crippen molar-refractivity contribution in [2.45, 2.75) is 13.3 Å². The van der Waals surface area contributed by atoms with E-state index >= 15 is 0 Å². The van der Waals surface area contributed by atoms with Crippen LogP contribution in [0.4, 0.5) is 17.2 Å². The molecule has 1 aromatic heterocycles. The number of nitrogens with zero attached hydrogens (tertiary/aromatic N) is 2. The molecule has 13 heavy (non-hydrogen) atoms. The van der Waals surface area contributed by atoms with E-state index in [1.54, 1.807) is 6.92 Å². The van der Waals surface area contributed by atoms with Crippen molar-refractivity contribution in [3.05, 3.63) is 21.9 Å². The highest BCUT2D eigenvalue weighted by atomic mass is 16.6. The van der Waals surface area contributed by atoms with Crippen molar-refractivity contribution >= 4 is 17.2 Å². The van der Waals surface area contributed by atoms with Gasteiger partial charge in [0.1, 0.15) is 12.0 Å². The van der Waals surface area contributed by atoms with Crippen molar-refractivity contribution in [2.75, 3.05) is 11.5 Å². The first kappa shape index (κ1) is 9.24. The molecule has 1 aromatic rings. The Labute approximate surface area is 74.7 Å². The topological polar surface area (TPSA) is 108 Å². The highest BCUT2D eigenvalue weighted by Crippen LogP contribution is 2.27. The molecule has 0 radical (unpaired) electrons. The van der Waals surface area contributed by atoms with Crippen LogP contribution >= 0.6 is 0 Å². The zero-order valence-corrected chi connectivity index (χ0v) is 7.15. The van der Waals surface area contributed by atoms with Gasteiger partial charge in [-0.3, -0.25) is 10.1 Å². The van der Waals surface area contributed by atoms with Gasteiger partial charge in [0.05, 0.1) is 16.2 Å². The fraction of sp³-hybridized carbons (Fsp3) is 0.286. The summed E-state index contributed by atoms with van der Waals surface area (Å²) in [6, 6.07) is 0. The molecule has 0 aliphatic heterocycles. The summed E-state index contributed by atoms with van der Waals surface area (Å²) < 4.78 is 0. The average molecular weight is 182 g/mol. The summed E-state index contributed by atoms with van der Waals surface area (Å²) in [7, 11) is 0. The molecule has 0 fully saturated rings. The number of pyridine rings is 1. The summed E-state index contributed by atoms with van der Waals surface area (Å²) >= 11 is 0. The smallest absolute Gasteiger partial charge is 0.292 e. The highest BCUT2D eigenvalue weighted by molar-refractivity contribution is 5.68. The van der Waals surface area contributed by atoms with Crippen LogP contribution in [-0.2, 0) is 6.42 Å². The quantitative estimate of drug-likeness (QED) is 0.517. The highest BCUT2D eigenvalue weighted by Gasteiger charge is 2.17. The number of anilines is 2. The maximum Gasteiger partial charge on any atom is 0.292 e. The monoisotopic (exact) mass is 182 g/mol. The maximum atomic E-state index is 10.5. The van der Waals surface area contributed by atoms with Crippen LogP contribution in [0.25, 0.3) is 0 Å². The summed E-state index contributed by atoms with van der Waals surface area (Å²) in [5.74, 6) is 0.141. The molecule has 6 nitrogen and oxygen atoms in total. The van der Waals surface area contributed by atoms with Crippen LogP contribution in [0.2, 0.25) is 0 Å². The average Bonchev–Trinajstić information content (AvgIpc) is 2.09. The summed E-state index contributed by atoms with van der Waals surface area (Å²) in [6.07, 6.45) is 1.60. The largest absolute Gasteiger partial charge is 0.395 e. The zero-order chi connectivity index (χ0) is 10.0. The summed E-state index contributed by atoms with van der Waals surface area (Å²) in [5, 5.41) is 10.5. The van der Waals surface area contributed by atoms with Crippen molar-refractivity contribution in [1.82, 2.24) is 4.98 Å². The van der Waals surface area contributed by atoms with Gasteiger partial charge in [-0.05, 0) is 6.42 Å². The molecule has 0 bridgehead atoms. The van der Waals surface area contributed by atoms with Gasteiger partial charge in [-0.25, -0.2) is 4.98 Å². The van der Waals surface area contributed by atoms with Crippen LogP contribution in [0.15, 0.2) is 6.20 Å². The van der Waals surface area contributed by atoms with Gasteiger partial charge in [-0.15, -0.1) is 0 Å². The normalized spacial score (nSPS) is 9.92. The van der Waals surface area contributed by atoms with Gasteiger partial charge < -0.3 is 11.5 Å². The molecule has 0 aliphatic rings. The van der Waals surface area contributed by atoms with Gasteiger partial charge >= 0.3 is 0 Å². The molecule has 1 heterocycles. The Balaban J connectivity index is 3.38. The summed E-state index contributed by atoms with van der Waals surface area (Å²) in [5.41, 5.74) is 11.5. The van der Waals surface area contributed by atoms with E-state index in [9.17, 15) is 10.1 Å². The zero-order valence-electron chi connectivity index (χ0n) is 7.15. The Hall–Kier alpha value is -1.85. The molecule has 70 valence electrons. The first-order valence-corrected chi connectivity index (χ1v) is 3.75. The SMILES string of the molecule is CCc1c([N+](=O)[O-])cnc(N)c1N. The Kier molecular flexibility index (Phi) is 2.32. The first-order chi connectivity index (χ1) is 6.07. The number of nitrogen functional groups attached to an aromatic ring is 2. The van der Waals surface area contributed by atoms with Crippen LogP contribution in [0.1, 0.15) is 12.5 Å². The molecule has 0 aromatic carbocycles. The molecule has 0 atom stereocenters. The summed E-state index contributed by atoms with van der Waals surface area (Å²) in [6.45, 7) is 1.78. The number of aromatic nitrogens is 1. The number of rotatable bonds is 2. The van der Waals surface area contributed by atoms with Crippen LogP contribution in [0, 0.1) is 10.1 Å². The van der Waals surface area contributed by atoms with E-state index < -0.39 is 4.92 Å². The van der Waals surface area contributed by atoms with Crippen molar-refractivity contribution in [3.63, 3.8) is 0 Å². The number of hydrogen-bond acceptors (Lipinski definition) is 5. The Morgan fingerprint density at radius 2 is 2.23 bits per heavy atom. The van der Waals surface area contributed by atoms with E-state index in [-0.39, 0.29) is 17.2 Å². The van der Waals surface area contributed by atoms with E-state index in [1.165, 1.54) is 0 Å². The third-order valence-electron chi connectivity index (χ3n) is 1.79. The third-order valence-corrected chi connectivity index (χ3v) is 1.79. The predicted octanol–water partition coefficient (Wildman–Crippen LogP) is 0.717. The van der Waals surface area contributed by atoms with E-state index in [4.69, 9.17) is 11.5 Å². The van der Waals surface area contributed by atoms with E-state index in [0.717, 1.165) is 6.20 Å². The second kappa shape index (κ2) is 3.26. The predicted molar refractivity (Wildman–Crippen MR) is 49.1 cm³/mol. The molecule has 0 unspecified atom stereocenters. The molecular weight excluding hydrogens is 172 g/mol. The van der Waals surface area contributed by atoms with Crippen molar-refractivity contribution in [1.29, 1.82) is 0 Å². The maximum absolute atomic E-state index is 10.5. The van der Waals surface area contributed by atoms with E-state index in [0.29, 0.717) is 12.0 Å². The lowest BCUT2D eigenvalue weighted by Crippen LogP contribution is -2.05. The Morgan fingerprint density at radius 3 is 2.69 bits per heavy atom. The van der Waals surface area contributed by atoms with Crippen LogP contribution in [0.5, 0.6) is 0 Å². The lowest BCUT2D eigenvalue weighted by atomic mass is 10.1. The van der Waals surface area contributed by atoms with Gasteiger partial charge in [-0.1, -0.05) is 6.92 Å². The molecular formula is C7H10N4O2. The van der Waals surface area contributed by atoms with E-state index in [1.807, 2.05) is 0 Å². The molecule has 0 spiro atoms. The second-order valence-electron chi connectivity index (χ2n) is 2.53. The van der Waals surface area contributed by atoms with Gasteiger partial charge in [0.25, 0.3) is 5.69 Å². The minimum atomic E-state index is -0.512. The third kappa shape index (κ3) is 1.51. The molecule has 1 rings (SSSR count). The molecule has 0 aliphatic carbocycles. The minimum absolute atomic E-state index is 0.0748. The minimum Gasteiger partial charge on any atom is -0.395 e. The molecule has 0 saturated carbocycles. The fourth-order valence-electron chi connectivity index (χ4n) is 1.10. The number of hydrogen-bond donors (Lipinski definition) is 2. The van der Waals surface area contributed by atoms with Crippen molar-refractivity contribution in [3.8, 4) is 0 Å². The van der Waals surface area contributed by atoms with Crippen molar-refractivity contribution < 1.29 is 4.92 Å². The van der Waals surface area contributed by atoms with Crippen molar-refractivity contribution in [2.24, 2.45) is 0 Å². The molecule has 6 heteroatoms.